The van der Waals surface area contributed by atoms with E-state index >= 15 is 0 Å². The number of thiazole rings is 1. The standard InChI is InChI=1S/C19H17FN2O3S2/c1-11(2)25-16-9-13(19(23)24)5-8-15(16)22-27-17-10-21-18(26-17)12-3-6-14(20)7-4-12/h3-11,22H,1-2H3,(H,23,24). The maximum absolute atomic E-state index is 13.0. The molecule has 0 amide bonds. The van der Waals surface area contributed by atoms with E-state index in [1.165, 1.54) is 47.6 Å². The SMILES string of the molecule is CC(C)Oc1cc(C(=O)O)ccc1NSc1cnc(-c2ccc(F)cc2)s1. The van der Waals surface area contributed by atoms with Crippen molar-refractivity contribution in [2.24, 2.45) is 0 Å². The second-order valence-corrected chi connectivity index (χ2v) is 8.02. The third-order valence-corrected chi connectivity index (χ3v) is 5.40. The molecule has 1 aromatic heterocycles. The van der Waals surface area contributed by atoms with Crippen molar-refractivity contribution in [1.82, 2.24) is 4.98 Å². The average Bonchev–Trinajstić information content (AvgIpc) is 3.09. The van der Waals surface area contributed by atoms with Gasteiger partial charge in [0.05, 0.1) is 23.6 Å². The number of halogens is 1. The van der Waals surface area contributed by atoms with Crippen molar-refractivity contribution < 1.29 is 19.0 Å². The number of carboxylic acids is 1. The summed E-state index contributed by atoms with van der Waals surface area (Å²) in [5.41, 5.74) is 1.69. The predicted octanol–water partition coefficient (Wildman–Crippen LogP) is 5.55. The van der Waals surface area contributed by atoms with E-state index in [9.17, 15) is 9.18 Å². The second kappa shape index (κ2) is 8.41. The molecule has 27 heavy (non-hydrogen) atoms. The van der Waals surface area contributed by atoms with E-state index in [2.05, 4.69) is 9.71 Å². The van der Waals surface area contributed by atoms with E-state index in [0.29, 0.717) is 11.4 Å². The largest absolute Gasteiger partial charge is 0.489 e. The quantitative estimate of drug-likeness (QED) is 0.503. The van der Waals surface area contributed by atoms with Gasteiger partial charge in [-0.1, -0.05) is 0 Å². The van der Waals surface area contributed by atoms with Crippen molar-refractivity contribution in [1.29, 1.82) is 0 Å². The summed E-state index contributed by atoms with van der Waals surface area (Å²) in [5, 5.41) is 9.95. The average molecular weight is 404 g/mol. The van der Waals surface area contributed by atoms with E-state index in [1.54, 1.807) is 24.4 Å². The van der Waals surface area contributed by atoms with Crippen LogP contribution in [-0.2, 0) is 0 Å². The van der Waals surface area contributed by atoms with Crippen molar-refractivity contribution in [2.45, 2.75) is 24.2 Å². The summed E-state index contributed by atoms with van der Waals surface area (Å²) < 4.78 is 22.9. The highest BCUT2D eigenvalue weighted by Crippen LogP contribution is 2.35. The van der Waals surface area contributed by atoms with Crippen molar-refractivity contribution in [3.8, 4) is 16.3 Å². The maximum Gasteiger partial charge on any atom is 0.335 e. The lowest BCUT2D eigenvalue weighted by Crippen LogP contribution is -2.08. The van der Waals surface area contributed by atoms with Gasteiger partial charge < -0.3 is 14.6 Å². The molecule has 0 radical (unpaired) electrons. The molecule has 0 unspecified atom stereocenters. The van der Waals surface area contributed by atoms with E-state index < -0.39 is 5.97 Å². The molecule has 0 saturated carbocycles. The molecular formula is C19H17FN2O3S2. The Balaban J connectivity index is 1.74. The highest BCUT2D eigenvalue weighted by atomic mass is 32.2. The van der Waals surface area contributed by atoms with Gasteiger partial charge >= 0.3 is 5.97 Å². The number of aromatic carboxylic acids is 1. The first-order valence-corrected chi connectivity index (χ1v) is 9.74. The Morgan fingerprint density at radius 3 is 2.67 bits per heavy atom. The van der Waals surface area contributed by atoms with Gasteiger partial charge in [0, 0.05) is 5.56 Å². The third-order valence-electron chi connectivity index (χ3n) is 3.43. The molecule has 3 rings (SSSR count). The van der Waals surface area contributed by atoms with Gasteiger partial charge in [-0.2, -0.15) is 0 Å². The summed E-state index contributed by atoms with van der Waals surface area (Å²) in [4.78, 5) is 15.5. The number of nitrogens with one attached hydrogen (secondary N) is 1. The molecule has 0 aliphatic heterocycles. The van der Waals surface area contributed by atoms with Gasteiger partial charge in [0.15, 0.2) is 0 Å². The summed E-state index contributed by atoms with van der Waals surface area (Å²) in [6.45, 7) is 3.76. The summed E-state index contributed by atoms with van der Waals surface area (Å²) in [5.74, 6) is -0.816. The van der Waals surface area contributed by atoms with Crippen LogP contribution in [0.2, 0.25) is 0 Å². The van der Waals surface area contributed by atoms with E-state index in [1.807, 2.05) is 13.8 Å². The summed E-state index contributed by atoms with van der Waals surface area (Å²) in [6, 6.07) is 10.9. The van der Waals surface area contributed by atoms with E-state index in [4.69, 9.17) is 9.84 Å². The molecular weight excluding hydrogens is 387 g/mol. The van der Waals surface area contributed by atoms with Crippen LogP contribution in [-0.4, -0.2) is 22.2 Å². The molecule has 2 N–H and O–H groups in total. The Morgan fingerprint density at radius 1 is 1.26 bits per heavy atom. The number of nitrogens with zero attached hydrogens (tertiary/aromatic N) is 1. The number of carbonyl (C=O) groups is 1. The molecule has 1 heterocycles. The van der Waals surface area contributed by atoms with Crippen LogP contribution in [0.25, 0.3) is 10.6 Å². The molecule has 0 atom stereocenters. The fourth-order valence-corrected chi connectivity index (χ4v) is 3.90. The highest BCUT2D eigenvalue weighted by Gasteiger charge is 2.12. The third kappa shape index (κ3) is 4.99. The molecule has 0 aliphatic rings. The van der Waals surface area contributed by atoms with Crippen molar-refractivity contribution >= 4 is 34.9 Å². The number of rotatable bonds is 7. The fraction of sp³-hybridized carbons (Fsp3) is 0.158. The van der Waals surface area contributed by atoms with Gasteiger partial charge in [-0.15, -0.1) is 11.3 Å². The first kappa shape index (κ1) is 19.2. The lowest BCUT2D eigenvalue weighted by molar-refractivity contribution is 0.0696. The smallest absolute Gasteiger partial charge is 0.335 e. The molecule has 0 bridgehead atoms. The minimum absolute atomic E-state index is 0.0897. The first-order valence-electron chi connectivity index (χ1n) is 8.11. The Morgan fingerprint density at radius 2 is 2.00 bits per heavy atom. The minimum Gasteiger partial charge on any atom is -0.489 e. The van der Waals surface area contributed by atoms with Gasteiger partial charge in [-0.25, -0.2) is 14.2 Å². The molecule has 8 heteroatoms. The van der Waals surface area contributed by atoms with Crippen LogP contribution in [0.3, 0.4) is 0 Å². The van der Waals surface area contributed by atoms with E-state index in [-0.39, 0.29) is 17.5 Å². The van der Waals surface area contributed by atoms with Crippen LogP contribution in [0.4, 0.5) is 10.1 Å². The molecule has 0 saturated heterocycles. The van der Waals surface area contributed by atoms with Gasteiger partial charge in [-0.05, 0) is 68.3 Å². The number of carboxylic acid groups (broad SMARTS) is 1. The van der Waals surface area contributed by atoms with Gasteiger partial charge in [-0.3, -0.25) is 0 Å². The molecule has 5 nitrogen and oxygen atoms in total. The Hall–Kier alpha value is -2.58. The number of anilines is 1. The lowest BCUT2D eigenvalue weighted by atomic mass is 10.2. The lowest BCUT2D eigenvalue weighted by Gasteiger charge is -2.15. The predicted molar refractivity (Wildman–Crippen MR) is 106 cm³/mol. The number of ether oxygens (including phenoxy) is 1. The van der Waals surface area contributed by atoms with Gasteiger partial charge in [0.2, 0.25) is 0 Å². The van der Waals surface area contributed by atoms with Crippen LogP contribution >= 0.6 is 23.3 Å². The first-order chi connectivity index (χ1) is 12.9. The summed E-state index contributed by atoms with van der Waals surface area (Å²) >= 11 is 2.82. The number of aromatic nitrogens is 1. The maximum atomic E-state index is 13.0. The topological polar surface area (TPSA) is 71.5 Å². The van der Waals surface area contributed by atoms with Crippen LogP contribution in [0.5, 0.6) is 5.75 Å². The van der Waals surface area contributed by atoms with Crippen LogP contribution in [0, 0.1) is 5.82 Å². The van der Waals surface area contributed by atoms with Crippen LogP contribution < -0.4 is 9.46 Å². The summed E-state index contributed by atoms with van der Waals surface area (Å²) in [7, 11) is 0. The zero-order valence-corrected chi connectivity index (χ0v) is 16.2. The normalized spacial score (nSPS) is 10.8. The molecule has 2 aromatic carbocycles. The minimum atomic E-state index is -1.01. The molecule has 0 aliphatic carbocycles. The highest BCUT2D eigenvalue weighted by molar-refractivity contribution is 8.02. The van der Waals surface area contributed by atoms with Crippen molar-refractivity contribution in [2.75, 3.05) is 4.72 Å². The second-order valence-electron chi connectivity index (χ2n) is 5.88. The zero-order valence-electron chi connectivity index (χ0n) is 14.6. The van der Waals surface area contributed by atoms with Crippen LogP contribution in [0.15, 0.2) is 52.9 Å². The van der Waals surface area contributed by atoms with Crippen LogP contribution in [0.1, 0.15) is 24.2 Å². The zero-order chi connectivity index (χ0) is 19.4. The molecule has 0 spiro atoms. The number of hydrogen-bond donors (Lipinski definition) is 2. The van der Waals surface area contributed by atoms with Gasteiger partial charge in [0.1, 0.15) is 20.8 Å². The molecule has 3 aromatic rings. The Labute approximate surface area is 164 Å². The summed E-state index contributed by atoms with van der Waals surface area (Å²) in [6.07, 6.45) is 1.64. The molecule has 0 fully saturated rings. The van der Waals surface area contributed by atoms with Gasteiger partial charge in [0.25, 0.3) is 0 Å². The number of benzene rings is 2. The Bertz CT molecular complexity index is 942. The Kier molecular flexibility index (Phi) is 5.98. The van der Waals surface area contributed by atoms with Crippen molar-refractivity contribution in [3.63, 3.8) is 0 Å². The molecule has 140 valence electrons. The monoisotopic (exact) mass is 404 g/mol. The van der Waals surface area contributed by atoms with E-state index in [0.717, 1.165) is 14.8 Å². The fourth-order valence-electron chi connectivity index (χ4n) is 2.23. The number of hydrogen-bond acceptors (Lipinski definition) is 6. The van der Waals surface area contributed by atoms with Crippen molar-refractivity contribution in [3.05, 3.63) is 60.0 Å².